The molecule has 9 nitrogen and oxygen atoms in total. The van der Waals surface area contributed by atoms with Crippen LogP contribution >= 0.6 is 23.9 Å². The number of nitrogens with zero attached hydrogens (tertiary/aromatic N) is 7. The molecule has 17 heteroatoms. The summed E-state index contributed by atoms with van der Waals surface area (Å²) in [7, 11) is -4.46. The summed E-state index contributed by atoms with van der Waals surface area (Å²) >= 11 is 3.55. The zero-order chi connectivity index (χ0) is 77.5. The lowest BCUT2D eigenvalue weighted by atomic mass is 9.29. The number of ether oxygens (including phenoxy) is 1. The Bertz CT molecular complexity index is 6620. The first-order valence-corrected chi connectivity index (χ1v) is 50.1. The Morgan fingerprint density at radius 2 is 0.664 bits per heavy atom. The number of hydrogen-bond acceptors (Lipinski definition) is 11. The van der Waals surface area contributed by atoms with Gasteiger partial charge >= 0.3 is 0 Å². The van der Waals surface area contributed by atoms with Gasteiger partial charge in [0.15, 0.2) is 9.79 Å². The molecule has 0 radical (unpaired) electrons. The fourth-order valence-corrected chi connectivity index (χ4v) is 31.3. The van der Waals surface area contributed by atoms with E-state index in [-0.39, 0.29) is 31.0 Å². The molecule has 15 aromatic carbocycles. The maximum absolute atomic E-state index is 8.02. The molecule has 554 valence electrons. The molecule has 0 aromatic heterocycles. The van der Waals surface area contributed by atoms with Crippen molar-refractivity contribution in [2.24, 2.45) is 0 Å². The summed E-state index contributed by atoms with van der Waals surface area (Å²) in [5.74, 6) is 1.72. The van der Waals surface area contributed by atoms with Gasteiger partial charge in [0.25, 0.3) is 20.1 Å². The van der Waals surface area contributed by atoms with Crippen LogP contribution in [0.15, 0.2) is 325 Å². The average Bonchev–Trinajstić information content (AvgIpc) is 0.685. The first-order valence-electron chi connectivity index (χ1n) is 40.4. The van der Waals surface area contributed by atoms with Crippen molar-refractivity contribution >= 4 is 260 Å². The zero-order valence-corrected chi connectivity index (χ0v) is 70.0. The van der Waals surface area contributed by atoms with Crippen LogP contribution in [0.1, 0.15) is 13.8 Å². The summed E-state index contributed by atoms with van der Waals surface area (Å²) in [5, 5.41) is 10.5. The molecule has 24 rings (SSSR count). The molecule has 0 atom stereocenters. The Hall–Kier alpha value is -11.8. The SMILES string of the molecule is CSN1c2cc3c(cc2B2c4cc5c(cc4Oc4cc(N6c7ccccc7[Si](C)(C)c7ccccc76)cc1c42)N(SC)c1cc(N2c4ccccc4[Si](C)(C)c4ccccc42)cc2c1B5c1ccccc1N2c1ccccc1)B1c2ccccc2N(c2ccccc2)c2cc(N4c5ccccc5[S+](C(C)C)c5ccccc54)cc(c21)N3. The van der Waals surface area contributed by atoms with Crippen LogP contribution in [0.4, 0.5) is 119 Å². The van der Waals surface area contributed by atoms with E-state index in [2.05, 4.69) is 406 Å². The van der Waals surface area contributed by atoms with Crippen LogP contribution in [0.3, 0.4) is 0 Å². The fraction of sp³-hybridized carbons (Fsp3) is 0.0909. The van der Waals surface area contributed by atoms with Crippen LogP contribution in [-0.2, 0) is 10.9 Å². The van der Waals surface area contributed by atoms with E-state index in [1.54, 1.807) is 23.9 Å². The Morgan fingerprint density at radius 3 is 1.16 bits per heavy atom. The van der Waals surface area contributed by atoms with Crippen LogP contribution in [0.25, 0.3) is 0 Å². The molecule has 15 aromatic rings. The van der Waals surface area contributed by atoms with Gasteiger partial charge in [-0.1, -0.05) is 208 Å². The van der Waals surface area contributed by atoms with Crippen molar-refractivity contribution in [3.05, 3.63) is 315 Å². The van der Waals surface area contributed by atoms with Crippen molar-refractivity contribution < 1.29 is 4.74 Å². The van der Waals surface area contributed by atoms with Crippen molar-refractivity contribution in [2.45, 2.75) is 55.1 Å². The predicted molar refractivity (Wildman–Crippen MR) is 507 cm³/mol. The van der Waals surface area contributed by atoms with Gasteiger partial charge in [-0.25, -0.2) is 0 Å². The largest absolute Gasteiger partial charge is 0.458 e. The average molecular weight is 1580 g/mol. The lowest BCUT2D eigenvalue weighted by Crippen LogP contribution is -2.65. The monoisotopic (exact) mass is 1580 g/mol. The zero-order valence-electron chi connectivity index (χ0n) is 65.6. The molecular formula is C99H78B3N8OS3Si2+. The molecule has 0 unspecified atom stereocenters. The summed E-state index contributed by atoms with van der Waals surface area (Å²) in [4.78, 5) is 15.5. The summed E-state index contributed by atoms with van der Waals surface area (Å²) in [6.45, 7) is 14.2. The van der Waals surface area contributed by atoms with E-state index >= 15 is 0 Å². The van der Waals surface area contributed by atoms with Crippen molar-refractivity contribution in [1.29, 1.82) is 0 Å². The first-order chi connectivity index (χ1) is 56.8. The van der Waals surface area contributed by atoms with Gasteiger partial charge in [0.1, 0.15) is 44.3 Å². The van der Waals surface area contributed by atoms with E-state index in [9.17, 15) is 0 Å². The van der Waals surface area contributed by atoms with Crippen molar-refractivity contribution in [1.82, 2.24) is 0 Å². The van der Waals surface area contributed by atoms with Gasteiger partial charge < -0.3 is 34.6 Å². The lowest BCUT2D eigenvalue weighted by Gasteiger charge is -2.46. The second kappa shape index (κ2) is 25.3. The van der Waals surface area contributed by atoms with Crippen LogP contribution in [0, 0.1) is 0 Å². The van der Waals surface area contributed by atoms with Gasteiger partial charge in [-0.05, 0) is 229 Å². The standard InChI is InChI=1S/C99H78B3N8OS3Si2/c1-61(2)114-91-45-25-19-39-77(91)106(78-40-20-26-46-92(78)114)64-51-74-97-85(52-64)104(62-31-11-9-12-32-62)75-37-17-15-35-67(75)100(97)69-57-70-83(59-73(69)103-74)109(112-3)88-55-66(108-81-43-23-29-49-95(81)116(7,8)96-50-30-24-44-82(96)108)56-90-99(88)102(70)72-58-71-84(60-89(72)111-90)110(113-4)87-54-65(107-79-41-21-27-47-93(79)115(5,6)94-48-28-22-42-80(94)107)53-86-98(87)101(71)68-36-16-18-38-76(68)105(86)63-33-13-10-14-34-63/h9-61,103H,1-8H3/q+1. The molecule has 0 saturated heterocycles. The maximum atomic E-state index is 8.02. The highest BCUT2D eigenvalue weighted by atomic mass is 32.2. The fourth-order valence-electron chi connectivity index (χ4n) is 21.5. The molecule has 0 fully saturated rings. The topological polar surface area (TPSA) is 43.9 Å². The number of benzene rings is 15. The van der Waals surface area contributed by atoms with Crippen molar-refractivity contribution in [3.63, 3.8) is 0 Å². The molecule has 9 aliphatic heterocycles. The van der Waals surface area contributed by atoms with E-state index in [1.807, 2.05) is 0 Å². The molecule has 9 aliphatic rings. The van der Waals surface area contributed by atoms with Gasteiger partial charge in [-0.2, -0.15) is 0 Å². The van der Waals surface area contributed by atoms with Crippen LogP contribution in [0.2, 0.25) is 26.2 Å². The summed E-state index contributed by atoms with van der Waals surface area (Å²) in [5.41, 5.74) is 35.5. The van der Waals surface area contributed by atoms with E-state index in [0.29, 0.717) is 5.25 Å². The summed E-state index contributed by atoms with van der Waals surface area (Å²) < 4.78 is 13.1. The lowest BCUT2D eigenvalue weighted by molar-refractivity contribution is 0.488. The number of nitrogens with one attached hydrogen (secondary N) is 1. The van der Waals surface area contributed by atoms with Crippen LogP contribution in [0.5, 0.6) is 11.5 Å². The highest BCUT2D eigenvalue weighted by Gasteiger charge is 2.52. The van der Waals surface area contributed by atoms with Gasteiger partial charge in [0.2, 0.25) is 0 Å². The molecule has 0 spiro atoms. The minimum absolute atomic E-state index is 0.137. The number of fused-ring (bicyclic) bond motifs is 18. The highest BCUT2D eigenvalue weighted by molar-refractivity contribution is 8.00. The van der Waals surface area contributed by atoms with E-state index in [4.69, 9.17) is 4.74 Å². The molecule has 0 amide bonds. The molecule has 0 saturated carbocycles. The number of anilines is 21. The Morgan fingerprint density at radius 1 is 0.293 bits per heavy atom. The minimum Gasteiger partial charge on any atom is -0.458 e. The van der Waals surface area contributed by atoms with E-state index in [1.165, 1.54) is 131 Å². The van der Waals surface area contributed by atoms with Crippen LogP contribution in [-0.4, -0.2) is 54.0 Å². The van der Waals surface area contributed by atoms with Crippen molar-refractivity contribution in [3.8, 4) is 11.5 Å². The normalized spacial score (nSPS) is 15.6. The summed E-state index contributed by atoms with van der Waals surface area (Å²) in [6, 6.07) is 121. The predicted octanol–water partition coefficient (Wildman–Crippen LogP) is 17.9. The van der Waals surface area contributed by atoms with E-state index in [0.717, 1.165) is 79.5 Å². The quantitative estimate of drug-likeness (QED) is 0.0899. The Kier molecular flexibility index (Phi) is 15.0. The minimum atomic E-state index is -2.18. The highest BCUT2D eigenvalue weighted by Crippen LogP contribution is 2.56. The van der Waals surface area contributed by atoms with E-state index < -0.39 is 16.1 Å². The van der Waals surface area contributed by atoms with Gasteiger partial charge in [-0.15, -0.1) is 0 Å². The third kappa shape index (κ3) is 9.48. The molecule has 9 heterocycles. The first kappa shape index (κ1) is 68.6. The molecule has 116 heavy (non-hydrogen) atoms. The second-order valence-corrected chi connectivity index (χ2v) is 45.8. The molecule has 0 aliphatic carbocycles. The smallest absolute Gasteiger partial charge is 0.256 e. The maximum Gasteiger partial charge on any atom is 0.256 e. The second-order valence-electron chi connectivity index (χ2n) is 33.2. The molecule has 0 bridgehead atoms. The Labute approximate surface area is 692 Å². The number of hydrogen-bond donors (Lipinski definition) is 1. The van der Waals surface area contributed by atoms with Gasteiger partial charge in [0.05, 0.1) is 45.0 Å². The molecular weight excluding hydrogens is 1500 g/mol. The summed E-state index contributed by atoms with van der Waals surface area (Å²) in [6.07, 6.45) is 4.52. The van der Waals surface area contributed by atoms with Gasteiger partial charge in [-0.3, -0.25) is 8.61 Å². The van der Waals surface area contributed by atoms with Crippen molar-refractivity contribution in [2.75, 3.05) is 50.9 Å². The number of para-hydroxylation sites is 10. The van der Waals surface area contributed by atoms with Gasteiger partial charge in [0, 0.05) is 98.6 Å². The Balaban J connectivity index is 0.754. The third-order valence-corrected chi connectivity index (χ3v) is 37.4. The third-order valence-electron chi connectivity index (χ3n) is 26.3. The number of rotatable bonds is 8. The van der Waals surface area contributed by atoms with Crippen LogP contribution < -0.4 is 113 Å². The molecule has 1 N–H and O–H groups in total.